The van der Waals surface area contributed by atoms with E-state index in [1.54, 1.807) is 0 Å². The van der Waals surface area contributed by atoms with Crippen LogP contribution in [0.3, 0.4) is 0 Å². The lowest BCUT2D eigenvalue weighted by molar-refractivity contribution is -0.162. The Morgan fingerprint density at radius 2 is 1.80 bits per heavy atom. The molecule has 2 atom stereocenters. The average molecular weight is 210 g/mol. The normalized spacial score (nSPS) is 35.9. The van der Waals surface area contributed by atoms with E-state index in [1.165, 1.54) is 32.1 Å². The zero-order chi connectivity index (χ0) is 11.1. The predicted octanol–water partition coefficient (Wildman–Crippen LogP) is 3.31. The van der Waals surface area contributed by atoms with Gasteiger partial charge in [-0.15, -0.1) is 0 Å². The Hall–Kier alpha value is -0.530. The van der Waals surface area contributed by atoms with Gasteiger partial charge >= 0.3 is 5.97 Å². The average Bonchev–Trinajstić information content (AvgIpc) is 2.16. The van der Waals surface area contributed by atoms with E-state index in [0.717, 1.165) is 6.42 Å². The van der Waals surface area contributed by atoms with Crippen molar-refractivity contribution >= 4 is 5.97 Å². The molecule has 2 rings (SSSR count). The van der Waals surface area contributed by atoms with Gasteiger partial charge in [-0.1, -0.05) is 46.0 Å². The molecule has 0 bridgehead atoms. The van der Waals surface area contributed by atoms with Crippen molar-refractivity contribution in [2.75, 3.05) is 0 Å². The van der Waals surface area contributed by atoms with E-state index < -0.39 is 5.97 Å². The molecule has 0 aliphatic heterocycles. The number of hydrogen-bond donors (Lipinski definition) is 1. The van der Waals surface area contributed by atoms with Crippen molar-refractivity contribution in [1.82, 2.24) is 0 Å². The summed E-state index contributed by atoms with van der Waals surface area (Å²) in [6.45, 7) is 4.48. The van der Waals surface area contributed by atoms with Crippen LogP contribution in [0.25, 0.3) is 0 Å². The quantitative estimate of drug-likeness (QED) is 0.759. The molecule has 0 heterocycles. The zero-order valence-corrected chi connectivity index (χ0v) is 9.83. The van der Waals surface area contributed by atoms with Crippen LogP contribution in [0.15, 0.2) is 0 Å². The highest BCUT2D eigenvalue weighted by molar-refractivity contribution is 5.72. The second kappa shape index (κ2) is 3.80. The van der Waals surface area contributed by atoms with Gasteiger partial charge in [-0.3, -0.25) is 4.79 Å². The molecule has 2 saturated carbocycles. The molecule has 0 aromatic heterocycles. The fraction of sp³-hybridized carbons (Fsp3) is 0.923. The smallest absolute Gasteiger partial charge is 0.306 e. The largest absolute Gasteiger partial charge is 0.481 e. The van der Waals surface area contributed by atoms with Crippen molar-refractivity contribution in [3.8, 4) is 0 Å². The summed E-state index contributed by atoms with van der Waals surface area (Å²) in [4.78, 5) is 11.1. The minimum Gasteiger partial charge on any atom is -0.481 e. The van der Waals surface area contributed by atoms with Crippen LogP contribution in [-0.2, 0) is 4.79 Å². The third-order valence-electron chi connectivity index (χ3n) is 4.56. The predicted molar refractivity (Wildman–Crippen MR) is 59.6 cm³/mol. The van der Waals surface area contributed by atoms with Gasteiger partial charge < -0.3 is 5.11 Å². The zero-order valence-electron chi connectivity index (χ0n) is 9.83. The number of carboxylic acids is 1. The maximum Gasteiger partial charge on any atom is 0.306 e. The lowest BCUT2D eigenvalue weighted by atomic mass is 9.50. The minimum atomic E-state index is -0.565. The van der Waals surface area contributed by atoms with Crippen LogP contribution >= 0.6 is 0 Å². The minimum absolute atomic E-state index is 0.0527. The van der Waals surface area contributed by atoms with Crippen LogP contribution in [-0.4, -0.2) is 11.1 Å². The molecule has 1 N–H and O–H groups in total. The summed E-state index contributed by atoms with van der Waals surface area (Å²) in [5.74, 6) is 0.506. The molecule has 15 heavy (non-hydrogen) atoms. The second-order valence-corrected chi connectivity index (χ2v) is 6.06. The van der Waals surface area contributed by atoms with E-state index in [9.17, 15) is 4.79 Å². The van der Waals surface area contributed by atoms with Crippen LogP contribution in [0, 0.1) is 23.2 Å². The Labute approximate surface area is 92.1 Å². The topological polar surface area (TPSA) is 37.3 Å². The van der Waals surface area contributed by atoms with Gasteiger partial charge in [0, 0.05) is 0 Å². The maximum atomic E-state index is 11.1. The highest BCUT2D eigenvalue weighted by Gasteiger charge is 2.53. The molecule has 2 unspecified atom stereocenters. The summed E-state index contributed by atoms with van der Waals surface area (Å²) >= 11 is 0. The fourth-order valence-corrected chi connectivity index (χ4v) is 3.91. The molecule has 0 spiro atoms. The molecule has 0 radical (unpaired) electrons. The molecular formula is C13H22O2. The molecule has 0 saturated heterocycles. The summed E-state index contributed by atoms with van der Waals surface area (Å²) in [5, 5.41) is 9.17. The third kappa shape index (κ3) is 1.91. The van der Waals surface area contributed by atoms with Crippen LogP contribution in [0.2, 0.25) is 0 Å². The van der Waals surface area contributed by atoms with Crippen molar-refractivity contribution in [2.24, 2.45) is 23.2 Å². The standard InChI is InChI=1S/C13H22O2/c1-13(2)8-10(12(14)15)11(13)9-6-4-3-5-7-9/h9-11H,3-8H2,1-2H3,(H,14,15). The van der Waals surface area contributed by atoms with Crippen LogP contribution in [0.5, 0.6) is 0 Å². The molecule has 0 amide bonds. The van der Waals surface area contributed by atoms with Crippen molar-refractivity contribution in [3.05, 3.63) is 0 Å². The van der Waals surface area contributed by atoms with E-state index in [0.29, 0.717) is 11.8 Å². The maximum absolute atomic E-state index is 11.1. The molecule has 2 aliphatic carbocycles. The monoisotopic (exact) mass is 210 g/mol. The lowest BCUT2D eigenvalue weighted by Crippen LogP contribution is -2.51. The third-order valence-corrected chi connectivity index (χ3v) is 4.56. The van der Waals surface area contributed by atoms with Gasteiger partial charge in [0.1, 0.15) is 0 Å². The van der Waals surface area contributed by atoms with Gasteiger partial charge in [-0.05, 0) is 23.7 Å². The van der Waals surface area contributed by atoms with Gasteiger partial charge in [-0.2, -0.15) is 0 Å². The van der Waals surface area contributed by atoms with E-state index in [2.05, 4.69) is 13.8 Å². The first-order valence-electron chi connectivity index (χ1n) is 6.25. The summed E-state index contributed by atoms with van der Waals surface area (Å²) in [5.41, 5.74) is 0.269. The van der Waals surface area contributed by atoms with Gasteiger partial charge in [0.05, 0.1) is 5.92 Å². The van der Waals surface area contributed by atoms with E-state index in [1.807, 2.05) is 0 Å². The first-order chi connectivity index (χ1) is 7.02. The Morgan fingerprint density at radius 1 is 1.20 bits per heavy atom. The Kier molecular flexibility index (Phi) is 2.78. The van der Waals surface area contributed by atoms with E-state index in [4.69, 9.17) is 5.11 Å². The SMILES string of the molecule is CC1(C)CC(C(=O)O)C1C1CCCCC1. The summed E-state index contributed by atoms with van der Waals surface area (Å²) in [6, 6.07) is 0. The number of hydrogen-bond acceptors (Lipinski definition) is 1. The molecule has 2 heteroatoms. The molecule has 2 aliphatic rings. The number of carboxylic acid groups (broad SMARTS) is 1. The Balaban J connectivity index is 2.06. The Morgan fingerprint density at radius 3 is 2.27 bits per heavy atom. The van der Waals surface area contributed by atoms with Gasteiger partial charge in [0.25, 0.3) is 0 Å². The van der Waals surface area contributed by atoms with Crippen molar-refractivity contribution in [2.45, 2.75) is 52.4 Å². The van der Waals surface area contributed by atoms with Crippen LogP contribution in [0.4, 0.5) is 0 Å². The number of aliphatic carboxylic acids is 1. The number of rotatable bonds is 2. The first-order valence-corrected chi connectivity index (χ1v) is 6.25. The molecule has 86 valence electrons. The van der Waals surface area contributed by atoms with Crippen LogP contribution in [0.1, 0.15) is 52.4 Å². The Bertz CT molecular complexity index is 251. The first kappa shape index (κ1) is 11.0. The number of carbonyl (C=O) groups is 1. The van der Waals surface area contributed by atoms with E-state index in [-0.39, 0.29) is 11.3 Å². The van der Waals surface area contributed by atoms with Gasteiger partial charge in [0.2, 0.25) is 0 Å². The van der Waals surface area contributed by atoms with Crippen molar-refractivity contribution < 1.29 is 9.90 Å². The molecule has 0 aromatic carbocycles. The van der Waals surface area contributed by atoms with Crippen molar-refractivity contribution in [1.29, 1.82) is 0 Å². The summed E-state index contributed by atoms with van der Waals surface area (Å²) < 4.78 is 0. The highest BCUT2D eigenvalue weighted by atomic mass is 16.4. The lowest BCUT2D eigenvalue weighted by Gasteiger charge is -2.54. The van der Waals surface area contributed by atoms with Gasteiger partial charge in [-0.25, -0.2) is 0 Å². The van der Waals surface area contributed by atoms with Crippen LogP contribution < -0.4 is 0 Å². The highest BCUT2D eigenvalue weighted by Crippen LogP contribution is 2.56. The molecule has 2 fully saturated rings. The summed E-state index contributed by atoms with van der Waals surface area (Å²) in [6.07, 6.45) is 7.37. The van der Waals surface area contributed by atoms with E-state index >= 15 is 0 Å². The summed E-state index contributed by atoms with van der Waals surface area (Å²) in [7, 11) is 0. The second-order valence-electron chi connectivity index (χ2n) is 6.06. The van der Waals surface area contributed by atoms with Gasteiger partial charge in [0.15, 0.2) is 0 Å². The van der Waals surface area contributed by atoms with Crippen molar-refractivity contribution in [3.63, 3.8) is 0 Å². The molecule has 2 nitrogen and oxygen atoms in total. The fourth-order valence-electron chi connectivity index (χ4n) is 3.91. The molecular weight excluding hydrogens is 188 g/mol. The molecule has 0 aromatic rings.